The minimum atomic E-state index is -0.536. The van der Waals surface area contributed by atoms with Crippen molar-refractivity contribution in [2.24, 2.45) is 0 Å². The van der Waals surface area contributed by atoms with Crippen LogP contribution < -0.4 is 5.32 Å². The number of nitrogens with one attached hydrogen (secondary N) is 1. The summed E-state index contributed by atoms with van der Waals surface area (Å²) >= 11 is 1.22. The molecule has 0 fully saturated rings. The number of carbonyl (C=O) groups excluding carboxylic acids is 2. The van der Waals surface area contributed by atoms with Crippen molar-refractivity contribution in [1.29, 1.82) is 0 Å². The van der Waals surface area contributed by atoms with Gasteiger partial charge in [-0.25, -0.2) is 9.18 Å². The van der Waals surface area contributed by atoms with Gasteiger partial charge >= 0.3 is 5.97 Å². The van der Waals surface area contributed by atoms with Crippen molar-refractivity contribution in [2.45, 2.75) is 26.7 Å². The standard InChI is InChI=1S/C25H24FNO3S/c1-4-30-25(29)23-21(19-10-12-20(26)13-11-19)15-31-24(23)27-22(28)14-7-17-5-8-18(9-6-17)16(2)3/h5-16H,4H2,1-3H3,(H,27,28)/b14-7+. The highest BCUT2D eigenvalue weighted by Gasteiger charge is 2.22. The summed E-state index contributed by atoms with van der Waals surface area (Å²) in [6.45, 7) is 6.17. The van der Waals surface area contributed by atoms with Crippen LogP contribution in [0.25, 0.3) is 17.2 Å². The average Bonchev–Trinajstić information content (AvgIpc) is 3.16. The third kappa shape index (κ3) is 5.67. The number of thiophene rings is 1. The van der Waals surface area contributed by atoms with E-state index in [1.54, 1.807) is 30.5 Å². The topological polar surface area (TPSA) is 55.4 Å². The van der Waals surface area contributed by atoms with Crippen molar-refractivity contribution in [3.63, 3.8) is 0 Å². The molecule has 160 valence electrons. The molecule has 3 rings (SSSR count). The highest BCUT2D eigenvalue weighted by Crippen LogP contribution is 2.36. The summed E-state index contributed by atoms with van der Waals surface area (Å²) in [5.41, 5.74) is 3.66. The zero-order chi connectivity index (χ0) is 22.4. The van der Waals surface area contributed by atoms with Gasteiger partial charge in [-0.2, -0.15) is 0 Å². The van der Waals surface area contributed by atoms with Crippen LogP contribution in [0.4, 0.5) is 9.39 Å². The summed E-state index contributed by atoms with van der Waals surface area (Å²) in [6.07, 6.45) is 3.15. The smallest absolute Gasteiger partial charge is 0.341 e. The third-order valence-electron chi connectivity index (χ3n) is 4.69. The van der Waals surface area contributed by atoms with Gasteiger partial charge in [-0.1, -0.05) is 50.2 Å². The van der Waals surface area contributed by atoms with Crippen LogP contribution in [-0.4, -0.2) is 18.5 Å². The lowest BCUT2D eigenvalue weighted by Gasteiger charge is -2.08. The Labute approximate surface area is 185 Å². The molecule has 0 saturated heterocycles. The van der Waals surface area contributed by atoms with E-state index in [1.165, 1.54) is 35.1 Å². The minimum Gasteiger partial charge on any atom is -0.462 e. The summed E-state index contributed by atoms with van der Waals surface area (Å²) in [4.78, 5) is 25.1. The fourth-order valence-electron chi connectivity index (χ4n) is 3.02. The summed E-state index contributed by atoms with van der Waals surface area (Å²) in [5, 5.41) is 4.91. The van der Waals surface area contributed by atoms with Crippen LogP contribution in [0.3, 0.4) is 0 Å². The number of carbonyl (C=O) groups is 2. The molecule has 0 spiro atoms. The highest BCUT2D eigenvalue weighted by molar-refractivity contribution is 7.15. The quantitative estimate of drug-likeness (QED) is 0.339. The minimum absolute atomic E-state index is 0.206. The normalized spacial score (nSPS) is 11.1. The molecule has 0 aliphatic heterocycles. The number of halogens is 1. The fourth-order valence-corrected chi connectivity index (χ4v) is 3.98. The van der Waals surface area contributed by atoms with Crippen LogP contribution >= 0.6 is 11.3 Å². The first kappa shape index (κ1) is 22.4. The maximum atomic E-state index is 13.3. The van der Waals surface area contributed by atoms with Crippen molar-refractivity contribution in [3.05, 3.63) is 82.5 Å². The Morgan fingerprint density at radius 3 is 2.39 bits per heavy atom. The molecular formula is C25H24FNO3S. The fraction of sp³-hybridized carbons (Fsp3) is 0.200. The van der Waals surface area contributed by atoms with Crippen LogP contribution in [0.5, 0.6) is 0 Å². The van der Waals surface area contributed by atoms with Gasteiger partial charge in [-0.3, -0.25) is 4.79 Å². The first-order chi connectivity index (χ1) is 14.9. The van der Waals surface area contributed by atoms with Gasteiger partial charge in [0.05, 0.1) is 6.61 Å². The number of ether oxygens (including phenoxy) is 1. The molecule has 0 atom stereocenters. The van der Waals surface area contributed by atoms with E-state index in [9.17, 15) is 14.0 Å². The molecule has 1 N–H and O–H groups in total. The summed E-state index contributed by atoms with van der Waals surface area (Å²) in [6, 6.07) is 13.8. The molecule has 0 saturated carbocycles. The Morgan fingerprint density at radius 2 is 1.77 bits per heavy atom. The molecule has 0 aliphatic carbocycles. The van der Waals surface area contributed by atoms with Crippen molar-refractivity contribution < 1.29 is 18.7 Å². The second kappa shape index (κ2) is 10.2. The molecule has 1 amide bonds. The Morgan fingerprint density at radius 1 is 1.10 bits per heavy atom. The molecule has 2 aromatic carbocycles. The predicted molar refractivity (Wildman–Crippen MR) is 124 cm³/mol. The van der Waals surface area contributed by atoms with Crippen molar-refractivity contribution in [2.75, 3.05) is 11.9 Å². The Kier molecular flexibility index (Phi) is 7.36. The van der Waals surface area contributed by atoms with Gasteiger partial charge in [0.2, 0.25) is 5.91 Å². The molecule has 0 unspecified atom stereocenters. The molecule has 3 aromatic rings. The molecule has 1 heterocycles. The number of esters is 1. The van der Waals surface area contributed by atoms with Crippen LogP contribution in [0.1, 0.15) is 48.2 Å². The van der Waals surface area contributed by atoms with Gasteiger partial charge in [-0.15, -0.1) is 11.3 Å². The molecule has 4 nitrogen and oxygen atoms in total. The summed E-state index contributed by atoms with van der Waals surface area (Å²) in [7, 11) is 0. The average molecular weight is 438 g/mol. The lowest BCUT2D eigenvalue weighted by Crippen LogP contribution is -2.12. The van der Waals surface area contributed by atoms with E-state index in [1.807, 2.05) is 24.3 Å². The maximum Gasteiger partial charge on any atom is 0.341 e. The summed E-state index contributed by atoms with van der Waals surface area (Å²) in [5.74, 6) is -0.814. The van der Waals surface area contributed by atoms with Gasteiger partial charge in [0, 0.05) is 17.0 Å². The Balaban J connectivity index is 1.82. The van der Waals surface area contributed by atoms with E-state index in [0.29, 0.717) is 22.0 Å². The van der Waals surface area contributed by atoms with E-state index in [2.05, 4.69) is 19.2 Å². The van der Waals surface area contributed by atoms with Crippen LogP contribution in [-0.2, 0) is 9.53 Å². The van der Waals surface area contributed by atoms with Crippen LogP contribution in [0.15, 0.2) is 60.0 Å². The van der Waals surface area contributed by atoms with Gasteiger partial charge in [0.1, 0.15) is 16.4 Å². The van der Waals surface area contributed by atoms with Crippen LogP contribution in [0, 0.1) is 5.82 Å². The molecule has 0 aliphatic rings. The number of rotatable bonds is 7. The zero-order valence-corrected chi connectivity index (χ0v) is 18.5. The van der Waals surface area contributed by atoms with Crippen molar-refractivity contribution in [1.82, 2.24) is 0 Å². The molecule has 0 radical (unpaired) electrons. The second-order valence-corrected chi connectivity index (χ2v) is 8.10. The molecule has 6 heteroatoms. The SMILES string of the molecule is CCOC(=O)c1c(-c2ccc(F)cc2)csc1NC(=O)/C=C/c1ccc(C(C)C)cc1. The highest BCUT2D eigenvalue weighted by atomic mass is 32.1. The van der Waals surface area contributed by atoms with Gasteiger partial charge in [0.15, 0.2) is 0 Å². The first-order valence-electron chi connectivity index (χ1n) is 10.0. The number of amides is 1. The molecular weight excluding hydrogens is 413 g/mol. The first-order valence-corrected chi connectivity index (χ1v) is 10.9. The van der Waals surface area contributed by atoms with E-state index in [4.69, 9.17) is 4.74 Å². The number of hydrogen-bond acceptors (Lipinski definition) is 4. The van der Waals surface area contributed by atoms with Gasteiger partial charge in [-0.05, 0) is 47.7 Å². The van der Waals surface area contributed by atoms with Crippen molar-refractivity contribution >= 4 is 34.3 Å². The maximum absolute atomic E-state index is 13.3. The van der Waals surface area contributed by atoms with E-state index >= 15 is 0 Å². The lowest BCUT2D eigenvalue weighted by atomic mass is 10.0. The third-order valence-corrected chi connectivity index (χ3v) is 5.59. The zero-order valence-electron chi connectivity index (χ0n) is 17.6. The van der Waals surface area contributed by atoms with Crippen LogP contribution in [0.2, 0.25) is 0 Å². The number of hydrogen-bond donors (Lipinski definition) is 1. The molecule has 31 heavy (non-hydrogen) atoms. The van der Waals surface area contributed by atoms with Crippen molar-refractivity contribution in [3.8, 4) is 11.1 Å². The van der Waals surface area contributed by atoms with Gasteiger partial charge < -0.3 is 10.1 Å². The largest absolute Gasteiger partial charge is 0.462 e. The van der Waals surface area contributed by atoms with Gasteiger partial charge in [0.25, 0.3) is 0 Å². The number of benzene rings is 2. The monoisotopic (exact) mass is 437 g/mol. The predicted octanol–water partition coefficient (Wildman–Crippen LogP) is 6.51. The molecule has 0 bridgehead atoms. The second-order valence-electron chi connectivity index (χ2n) is 7.22. The molecule has 1 aromatic heterocycles. The Bertz CT molecular complexity index is 1080. The number of anilines is 1. The summed E-state index contributed by atoms with van der Waals surface area (Å²) < 4.78 is 18.5. The van der Waals surface area contributed by atoms with E-state index in [-0.39, 0.29) is 23.9 Å². The Hall–Kier alpha value is -3.25. The van der Waals surface area contributed by atoms with E-state index < -0.39 is 5.97 Å². The van der Waals surface area contributed by atoms with E-state index in [0.717, 1.165) is 5.56 Å². The lowest BCUT2D eigenvalue weighted by molar-refractivity contribution is -0.111.